The van der Waals surface area contributed by atoms with Crippen molar-refractivity contribution in [2.24, 2.45) is 0 Å². The molecule has 1 aromatic rings. The van der Waals surface area contributed by atoms with Crippen LogP contribution < -0.4 is 5.32 Å². The highest BCUT2D eigenvalue weighted by atomic mass is 35.5. The molecule has 0 aromatic heterocycles. The zero-order valence-corrected chi connectivity index (χ0v) is 8.51. The Morgan fingerprint density at radius 1 is 1.50 bits per heavy atom. The Kier molecular flexibility index (Phi) is 3.89. The summed E-state index contributed by atoms with van der Waals surface area (Å²) < 4.78 is 12.5. The Hall–Kier alpha value is -1.09. The Balaban J connectivity index is 2.46. The summed E-state index contributed by atoms with van der Waals surface area (Å²) in [6, 6.07) is 5.94. The number of benzene rings is 1. The van der Waals surface area contributed by atoms with E-state index in [-0.39, 0.29) is 11.7 Å². The first-order valence-corrected chi connectivity index (χ1v) is 4.69. The van der Waals surface area contributed by atoms with Gasteiger partial charge in [-0.2, -0.15) is 0 Å². The fourth-order valence-corrected chi connectivity index (χ4v) is 1.01. The molecule has 0 bridgehead atoms. The molecule has 0 aliphatic heterocycles. The fourth-order valence-electron chi connectivity index (χ4n) is 0.932. The van der Waals surface area contributed by atoms with Gasteiger partial charge in [0, 0.05) is 6.54 Å². The summed E-state index contributed by atoms with van der Waals surface area (Å²) in [5.41, 5.74) is 0.845. The molecular weight excluding hydrogens is 205 g/mol. The number of halogens is 2. The van der Waals surface area contributed by atoms with Gasteiger partial charge in [-0.3, -0.25) is 4.79 Å². The largest absolute Gasteiger partial charge is 0.351 e. The zero-order valence-electron chi connectivity index (χ0n) is 7.76. The van der Waals surface area contributed by atoms with Crippen molar-refractivity contribution >= 4 is 17.5 Å². The summed E-state index contributed by atoms with van der Waals surface area (Å²) in [4.78, 5) is 11.1. The molecule has 0 aliphatic carbocycles. The van der Waals surface area contributed by atoms with E-state index in [0.717, 1.165) is 5.56 Å². The molecule has 2 nitrogen and oxygen atoms in total. The van der Waals surface area contributed by atoms with E-state index in [4.69, 9.17) is 11.6 Å². The van der Waals surface area contributed by atoms with Crippen LogP contribution in [0.3, 0.4) is 0 Å². The van der Waals surface area contributed by atoms with Gasteiger partial charge in [0.05, 0.1) is 0 Å². The number of rotatable bonds is 3. The lowest BCUT2D eigenvalue weighted by Gasteiger charge is -2.06. The van der Waals surface area contributed by atoms with Crippen LogP contribution in [0.2, 0.25) is 0 Å². The SMILES string of the molecule is C[C@@H](Cl)C(=O)NCc1ccc(F)cc1. The highest BCUT2D eigenvalue weighted by molar-refractivity contribution is 6.30. The molecule has 4 heteroatoms. The molecule has 14 heavy (non-hydrogen) atoms. The average molecular weight is 216 g/mol. The van der Waals surface area contributed by atoms with Crippen molar-refractivity contribution in [3.63, 3.8) is 0 Å². The molecule has 0 spiro atoms. The highest BCUT2D eigenvalue weighted by Gasteiger charge is 2.07. The standard InChI is InChI=1S/C10H11ClFNO/c1-7(11)10(14)13-6-8-2-4-9(12)5-3-8/h2-5,7H,6H2,1H3,(H,13,14)/t7-/m1/s1. The van der Waals surface area contributed by atoms with Crippen molar-refractivity contribution in [1.29, 1.82) is 0 Å². The minimum absolute atomic E-state index is 0.226. The van der Waals surface area contributed by atoms with Crippen LogP contribution in [0.4, 0.5) is 4.39 Å². The van der Waals surface area contributed by atoms with Gasteiger partial charge in [0.2, 0.25) is 5.91 Å². The summed E-state index contributed by atoms with van der Waals surface area (Å²) in [5.74, 6) is -0.512. The van der Waals surface area contributed by atoms with Crippen molar-refractivity contribution in [3.8, 4) is 0 Å². The molecule has 0 fully saturated rings. The van der Waals surface area contributed by atoms with Gasteiger partial charge < -0.3 is 5.32 Å². The van der Waals surface area contributed by atoms with Gasteiger partial charge in [0.25, 0.3) is 0 Å². The van der Waals surface area contributed by atoms with Crippen molar-refractivity contribution in [1.82, 2.24) is 5.32 Å². The molecule has 0 radical (unpaired) electrons. The van der Waals surface area contributed by atoms with Crippen LogP contribution in [0.5, 0.6) is 0 Å². The molecule has 1 amide bonds. The number of nitrogens with one attached hydrogen (secondary N) is 1. The van der Waals surface area contributed by atoms with Crippen LogP contribution in [-0.2, 0) is 11.3 Å². The third-order valence-corrected chi connectivity index (χ3v) is 1.94. The third-order valence-electron chi connectivity index (χ3n) is 1.74. The van der Waals surface area contributed by atoms with Gasteiger partial charge in [-0.25, -0.2) is 4.39 Å². The minimum atomic E-state index is -0.546. The Morgan fingerprint density at radius 3 is 2.57 bits per heavy atom. The molecule has 1 rings (SSSR count). The third kappa shape index (κ3) is 3.34. The van der Waals surface area contributed by atoms with Crippen molar-refractivity contribution in [2.75, 3.05) is 0 Å². The molecule has 0 heterocycles. The van der Waals surface area contributed by atoms with Crippen LogP contribution in [0.15, 0.2) is 24.3 Å². The number of alkyl halides is 1. The first kappa shape index (κ1) is 11.0. The first-order valence-electron chi connectivity index (χ1n) is 4.26. The lowest BCUT2D eigenvalue weighted by molar-refractivity contribution is -0.120. The molecule has 1 atom stereocenters. The molecule has 0 saturated carbocycles. The smallest absolute Gasteiger partial charge is 0.238 e. The summed E-state index contributed by atoms with van der Waals surface area (Å²) in [7, 11) is 0. The first-order chi connectivity index (χ1) is 6.59. The molecule has 0 aliphatic rings. The number of hydrogen-bond acceptors (Lipinski definition) is 1. The van der Waals surface area contributed by atoms with Gasteiger partial charge in [0.15, 0.2) is 0 Å². The fraction of sp³-hybridized carbons (Fsp3) is 0.300. The maximum absolute atomic E-state index is 12.5. The van der Waals surface area contributed by atoms with Gasteiger partial charge in [-0.1, -0.05) is 12.1 Å². The van der Waals surface area contributed by atoms with Gasteiger partial charge >= 0.3 is 0 Å². The molecule has 76 valence electrons. The summed E-state index contributed by atoms with van der Waals surface area (Å²) >= 11 is 5.55. The predicted octanol–water partition coefficient (Wildman–Crippen LogP) is 2.07. The van der Waals surface area contributed by atoms with E-state index in [0.29, 0.717) is 6.54 Å². The van der Waals surface area contributed by atoms with Gasteiger partial charge in [0.1, 0.15) is 11.2 Å². The molecule has 1 aromatic carbocycles. The van der Waals surface area contributed by atoms with Crippen LogP contribution in [0.25, 0.3) is 0 Å². The quantitative estimate of drug-likeness (QED) is 0.769. The van der Waals surface area contributed by atoms with Crippen LogP contribution in [0, 0.1) is 5.82 Å². The average Bonchev–Trinajstić information content (AvgIpc) is 2.16. The van der Waals surface area contributed by atoms with E-state index < -0.39 is 5.38 Å². The normalized spacial score (nSPS) is 12.2. The number of hydrogen-bond donors (Lipinski definition) is 1. The Morgan fingerprint density at radius 2 is 2.07 bits per heavy atom. The number of carbonyl (C=O) groups is 1. The second-order valence-electron chi connectivity index (χ2n) is 2.96. The van der Waals surface area contributed by atoms with E-state index >= 15 is 0 Å². The van der Waals surface area contributed by atoms with Crippen molar-refractivity contribution in [2.45, 2.75) is 18.8 Å². The maximum atomic E-state index is 12.5. The van der Waals surface area contributed by atoms with Crippen LogP contribution >= 0.6 is 11.6 Å². The van der Waals surface area contributed by atoms with E-state index in [1.54, 1.807) is 19.1 Å². The van der Waals surface area contributed by atoms with E-state index in [9.17, 15) is 9.18 Å². The molecular formula is C10H11ClFNO. The molecule has 1 N–H and O–H groups in total. The van der Waals surface area contributed by atoms with E-state index in [1.165, 1.54) is 12.1 Å². The summed E-state index contributed by atoms with van der Waals surface area (Å²) in [6.45, 7) is 1.97. The second kappa shape index (κ2) is 4.96. The second-order valence-corrected chi connectivity index (χ2v) is 3.61. The van der Waals surface area contributed by atoms with E-state index in [1.807, 2.05) is 0 Å². The maximum Gasteiger partial charge on any atom is 0.238 e. The topological polar surface area (TPSA) is 29.1 Å². The number of amides is 1. The minimum Gasteiger partial charge on any atom is -0.351 e. The monoisotopic (exact) mass is 215 g/mol. The summed E-state index contributed by atoms with van der Waals surface area (Å²) in [5, 5.41) is 2.08. The van der Waals surface area contributed by atoms with Crippen molar-refractivity contribution < 1.29 is 9.18 Å². The Labute approximate surface area is 87.1 Å². The van der Waals surface area contributed by atoms with Gasteiger partial charge in [-0.05, 0) is 24.6 Å². The lowest BCUT2D eigenvalue weighted by atomic mass is 10.2. The lowest BCUT2D eigenvalue weighted by Crippen LogP contribution is -2.28. The van der Waals surface area contributed by atoms with Crippen molar-refractivity contribution in [3.05, 3.63) is 35.6 Å². The Bertz CT molecular complexity index is 310. The predicted molar refractivity (Wildman–Crippen MR) is 53.6 cm³/mol. The van der Waals surface area contributed by atoms with E-state index in [2.05, 4.69) is 5.32 Å². The van der Waals surface area contributed by atoms with Gasteiger partial charge in [-0.15, -0.1) is 11.6 Å². The highest BCUT2D eigenvalue weighted by Crippen LogP contribution is 2.02. The zero-order chi connectivity index (χ0) is 10.6. The number of carbonyl (C=O) groups excluding carboxylic acids is 1. The van der Waals surface area contributed by atoms with Crippen LogP contribution in [-0.4, -0.2) is 11.3 Å². The molecule has 0 unspecified atom stereocenters. The summed E-state index contributed by atoms with van der Waals surface area (Å²) in [6.07, 6.45) is 0. The van der Waals surface area contributed by atoms with Crippen LogP contribution in [0.1, 0.15) is 12.5 Å². The molecule has 0 saturated heterocycles.